The molecular weight excluding hydrogens is 499 g/mol. The highest BCUT2D eigenvalue weighted by Gasteiger charge is 2.36. The first-order valence-corrected chi connectivity index (χ1v) is 10.7. The minimum Gasteiger partial charge on any atom is -0.478 e. The van der Waals surface area contributed by atoms with Crippen LogP contribution in [0.15, 0.2) is 63.9 Å². The Kier molecular flexibility index (Phi) is 6.08. The fourth-order valence-corrected chi connectivity index (χ4v) is 4.61. The zero-order valence-corrected chi connectivity index (χ0v) is 18.6. The highest BCUT2D eigenvalue weighted by molar-refractivity contribution is 8.27. The molecule has 5 nitrogen and oxygen atoms in total. The molecule has 1 N–H and O–H groups in total. The Bertz CT molecular complexity index is 1330. The molecule has 0 saturated carbocycles. The van der Waals surface area contributed by atoms with Gasteiger partial charge in [0.2, 0.25) is 0 Å². The van der Waals surface area contributed by atoms with Crippen molar-refractivity contribution in [3.05, 3.63) is 81.4 Å². The molecule has 0 unspecified atom stereocenters. The summed E-state index contributed by atoms with van der Waals surface area (Å²) >= 11 is 12.1. The highest BCUT2D eigenvalue weighted by atomic mass is 35.5. The summed E-state index contributed by atoms with van der Waals surface area (Å²) in [7, 11) is 0. The van der Waals surface area contributed by atoms with Crippen molar-refractivity contribution >= 4 is 63.5 Å². The first kappa shape index (κ1) is 23.1. The van der Waals surface area contributed by atoms with Crippen LogP contribution in [0.2, 0.25) is 5.02 Å². The summed E-state index contributed by atoms with van der Waals surface area (Å²) in [4.78, 5) is 25.2. The topological polar surface area (TPSA) is 70.8 Å². The number of halogens is 4. The predicted molar refractivity (Wildman–Crippen MR) is 123 cm³/mol. The molecule has 0 atom stereocenters. The Hall–Kier alpha value is -3.08. The third kappa shape index (κ3) is 4.68. The first-order valence-electron chi connectivity index (χ1n) is 9.13. The van der Waals surface area contributed by atoms with Crippen molar-refractivity contribution in [3.8, 4) is 11.3 Å². The molecule has 3 aromatic rings. The maximum Gasteiger partial charge on any atom is 0.416 e. The lowest BCUT2D eigenvalue weighted by Crippen LogP contribution is -2.27. The molecule has 33 heavy (non-hydrogen) atoms. The summed E-state index contributed by atoms with van der Waals surface area (Å²) in [5.74, 6) is -1.05. The standard InChI is InChI=1S/C22H11ClF3NO4S2/c23-16-8-11(4-6-15(16)20(29)30)17-7-5-14(31-17)10-18-19(28)27(21(32)33-18)13-3-1-2-12(9-13)22(24,25)26/h1-10H,(H,29,30)/b18-10+. The van der Waals surface area contributed by atoms with E-state index in [2.05, 4.69) is 0 Å². The van der Waals surface area contributed by atoms with Crippen molar-refractivity contribution < 1.29 is 32.3 Å². The van der Waals surface area contributed by atoms with E-state index in [0.29, 0.717) is 17.1 Å². The number of carboxylic acid groups (broad SMARTS) is 1. The third-order valence-corrected chi connectivity index (χ3v) is 6.22. The molecule has 1 amide bonds. The average molecular weight is 510 g/mol. The molecule has 0 aliphatic carbocycles. The second-order valence-electron chi connectivity index (χ2n) is 6.77. The molecule has 1 fully saturated rings. The number of anilines is 1. The summed E-state index contributed by atoms with van der Waals surface area (Å²) in [6, 6.07) is 11.9. The van der Waals surface area contributed by atoms with Gasteiger partial charge in [-0.2, -0.15) is 13.2 Å². The van der Waals surface area contributed by atoms with Crippen LogP contribution in [0.5, 0.6) is 0 Å². The normalized spacial score (nSPS) is 15.5. The molecule has 4 rings (SSSR count). The van der Waals surface area contributed by atoms with Crippen LogP contribution in [0.4, 0.5) is 18.9 Å². The number of amides is 1. The number of thioether (sulfide) groups is 1. The lowest BCUT2D eigenvalue weighted by Gasteiger charge is -2.16. The van der Waals surface area contributed by atoms with E-state index in [1.165, 1.54) is 36.4 Å². The molecule has 0 bridgehead atoms. The quantitative estimate of drug-likeness (QED) is 0.311. The van der Waals surface area contributed by atoms with Gasteiger partial charge in [0.15, 0.2) is 4.32 Å². The summed E-state index contributed by atoms with van der Waals surface area (Å²) in [6.07, 6.45) is -3.12. The summed E-state index contributed by atoms with van der Waals surface area (Å²) in [5, 5.41) is 9.12. The van der Waals surface area contributed by atoms with Gasteiger partial charge in [0.05, 0.1) is 26.7 Å². The van der Waals surface area contributed by atoms with E-state index in [0.717, 1.165) is 28.8 Å². The number of carbonyl (C=O) groups is 2. The fourth-order valence-electron chi connectivity index (χ4n) is 3.07. The van der Waals surface area contributed by atoms with Crippen molar-refractivity contribution in [1.82, 2.24) is 0 Å². The van der Waals surface area contributed by atoms with Crippen LogP contribution < -0.4 is 4.90 Å². The summed E-state index contributed by atoms with van der Waals surface area (Å²) in [5.41, 5.74) is -0.392. The number of benzene rings is 2. The Morgan fingerprint density at radius 1 is 1.15 bits per heavy atom. The molecular formula is C22H11ClF3NO4S2. The smallest absolute Gasteiger partial charge is 0.416 e. The van der Waals surface area contributed by atoms with Gasteiger partial charge < -0.3 is 9.52 Å². The minimum absolute atomic E-state index is 0.0176. The number of hydrogen-bond acceptors (Lipinski definition) is 5. The highest BCUT2D eigenvalue weighted by Crippen LogP contribution is 2.39. The Balaban J connectivity index is 1.60. The average Bonchev–Trinajstić information content (AvgIpc) is 3.31. The van der Waals surface area contributed by atoms with Gasteiger partial charge in [0, 0.05) is 11.6 Å². The SMILES string of the molecule is O=C(O)c1ccc(-c2ccc(/C=C3/SC(=S)N(c4cccc(C(F)(F)F)c4)C3=O)o2)cc1Cl. The van der Waals surface area contributed by atoms with Gasteiger partial charge >= 0.3 is 12.1 Å². The maximum absolute atomic E-state index is 13.0. The molecule has 1 aliphatic heterocycles. The van der Waals surface area contributed by atoms with Gasteiger partial charge in [-0.25, -0.2) is 4.79 Å². The molecule has 1 saturated heterocycles. The van der Waals surface area contributed by atoms with Crippen molar-refractivity contribution in [2.75, 3.05) is 4.90 Å². The van der Waals surface area contributed by atoms with E-state index in [4.69, 9.17) is 33.3 Å². The van der Waals surface area contributed by atoms with Gasteiger partial charge in [0.25, 0.3) is 5.91 Å². The lowest BCUT2D eigenvalue weighted by molar-refractivity contribution is -0.137. The van der Waals surface area contributed by atoms with E-state index in [-0.39, 0.29) is 25.5 Å². The van der Waals surface area contributed by atoms with E-state index < -0.39 is 23.6 Å². The van der Waals surface area contributed by atoms with Crippen LogP contribution in [0.25, 0.3) is 17.4 Å². The molecule has 0 spiro atoms. The molecule has 1 aromatic heterocycles. The van der Waals surface area contributed by atoms with Gasteiger partial charge in [-0.15, -0.1) is 0 Å². The predicted octanol–water partition coefficient (Wildman–Crippen LogP) is 6.72. The van der Waals surface area contributed by atoms with Crippen LogP contribution in [0.1, 0.15) is 21.7 Å². The largest absolute Gasteiger partial charge is 0.478 e. The fraction of sp³-hybridized carbons (Fsp3) is 0.0455. The van der Waals surface area contributed by atoms with Crippen molar-refractivity contribution in [2.24, 2.45) is 0 Å². The number of nitrogens with zero attached hydrogens (tertiary/aromatic N) is 1. The number of rotatable bonds is 4. The molecule has 0 radical (unpaired) electrons. The first-order chi connectivity index (χ1) is 15.5. The third-order valence-electron chi connectivity index (χ3n) is 4.61. The van der Waals surface area contributed by atoms with Crippen LogP contribution in [-0.4, -0.2) is 21.3 Å². The van der Waals surface area contributed by atoms with Gasteiger partial charge in [-0.3, -0.25) is 9.69 Å². The van der Waals surface area contributed by atoms with Crippen LogP contribution in [0.3, 0.4) is 0 Å². The molecule has 168 valence electrons. The minimum atomic E-state index is -4.55. The number of hydrogen-bond donors (Lipinski definition) is 1. The summed E-state index contributed by atoms with van der Waals surface area (Å²) in [6.45, 7) is 0. The van der Waals surface area contributed by atoms with Crippen molar-refractivity contribution in [1.29, 1.82) is 0 Å². The van der Waals surface area contributed by atoms with Crippen LogP contribution in [0, 0.1) is 0 Å². The van der Waals surface area contributed by atoms with Crippen molar-refractivity contribution in [3.63, 3.8) is 0 Å². The van der Waals surface area contributed by atoms with Crippen LogP contribution >= 0.6 is 35.6 Å². The summed E-state index contributed by atoms with van der Waals surface area (Å²) < 4.78 is 44.9. The maximum atomic E-state index is 13.0. The monoisotopic (exact) mass is 509 g/mol. The number of aromatic carboxylic acids is 1. The number of carboxylic acids is 1. The molecule has 2 aromatic carbocycles. The Morgan fingerprint density at radius 3 is 2.58 bits per heavy atom. The van der Waals surface area contributed by atoms with E-state index in [9.17, 15) is 22.8 Å². The zero-order chi connectivity index (χ0) is 23.9. The van der Waals surface area contributed by atoms with Gasteiger partial charge in [0.1, 0.15) is 11.5 Å². The van der Waals surface area contributed by atoms with E-state index in [1.807, 2.05) is 0 Å². The molecule has 2 heterocycles. The molecule has 11 heteroatoms. The number of carbonyl (C=O) groups excluding carboxylic acids is 1. The number of furan rings is 1. The van der Waals surface area contributed by atoms with Crippen molar-refractivity contribution in [2.45, 2.75) is 6.18 Å². The number of thiocarbonyl (C=S) groups is 1. The van der Waals surface area contributed by atoms with Gasteiger partial charge in [-0.1, -0.05) is 47.7 Å². The number of alkyl halides is 3. The Labute approximate surface area is 199 Å². The second kappa shape index (κ2) is 8.69. The lowest BCUT2D eigenvalue weighted by atomic mass is 10.1. The second-order valence-corrected chi connectivity index (χ2v) is 8.85. The zero-order valence-electron chi connectivity index (χ0n) is 16.2. The van der Waals surface area contributed by atoms with E-state index >= 15 is 0 Å². The van der Waals surface area contributed by atoms with Crippen LogP contribution in [-0.2, 0) is 11.0 Å². The Morgan fingerprint density at radius 2 is 1.91 bits per heavy atom. The van der Waals surface area contributed by atoms with Gasteiger partial charge in [-0.05, 0) is 42.5 Å². The van der Waals surface area contributed by atoms with E-state index in [1.54, 1.807) is 12.1 Å². The molecule has 1 aliphatic rings.